The van der Waals surface area contributed by atoms with Gasteiger partial charge in [-0.05, 0) is 25.7 Å². The lowest BCUT2D eigenvalue weighted by Crippen LogP contribution is -1.98. The first-order chi connectivity index (χ1) is 6.74. The molecule has 0 saturated carbocycles. The first-order valence-corrected chi connectivity index (χ1v) is 5.46. The molecule has 1 aromatic rings. The van der Waals surface area contributed by atoms with E-state index in [1.54, 1.807) is 0 Å². The highest BCUT2D eigenvalue weighted by molar-refractivity contribution is 5.35. The second kappa shape index (κ2) is 3.64. The molecule has 0 fully saturated rings. The number of hydrogen-bond donors (Lipinski definition) is 0. The number of ether oxygens (including phenoxy) is 1. The molecule has 0 amide bonds. The van der Waals surface area contributed by atoms with Crippen LogP contribution in [-0.4, -0.2) is 16.4 Å². The average Bonchev–Trinajstić information content (AvgIpc) is 2.62. The Morgan fingerprint density at radius 3 is 2.93 bits per heavy atom. The first-order valence-electron chi connectivity index (χ1n) is 5.46. The number of nitrogens with zero attached hydrogens (tertiary/aromatic N) is 2. The summed E-state index contributed by atoms with van der Waals surface area (Å²) >= 11 is 0. The maximum Gasteiger partial charge on any atom is 0.236 e. The van der Waals surface area contributed by atoms with Gasteiger partial charge >= 0.3 is 0 Å². The number of aromatic nitrogens is 2. The summed E-state index contributed by atoms with van der Waals surface area (Å²) in [7, 11) is 0. The van der Waals surface area contributed by atoms with Crippen molar-refractivity contribution in [2.24, 2.45) is 0 Å². The van der Waals surface area contributed by atoms with E-state index in [0.29, 0.717) is 12.5 Å². The molecule has 3 nitrogen and oxygen atoms in total. The van der Waals surface area contributed by atoms with Crippen molar-refractivity contribution in [1.82, 2.24) is 9.78 Å². The van der Waals surface area contributed by atoms with Crippen molar-refractivity contribution in [2.45, 2.75) is 46.1 Å². The second-order valence-corrected chi connectivity index (χ2v) is 4.08. The number of aryl methyl sites for hydroxylation is 1. The van der Waals surface area contributed by atoms with E-state index in [-0.39, 0.29) is 0 Å². The summed E-state index contributed by atoms with van der Waals surface area (Å²) in [5.74, 6) is 1.37. The zero-order chi connectivity index (χ0) is 10.1. The van der Waals surface area contributed by atoms with Crippen molar-refractivity contribution >= 4 is 0 Å². The molecular formula is C11H18N2O. The van der Waals surface area contributed by atoms with Gasteiger partial charge in [-0.3, -0.25) is 4.68 Å². The van der Waals surface area contributed by atoms with Crippen LogP contribution in [0.3, 0.4) is 0 Å². The summed E-state index contributed by atoms with van der Waals surface area (Å²) in [6, 6.07) is 0. The van der Waals surface area contributed by atoms with Gasteiger partial charge in [-0.25, -0.2) is 0 Å². The molecule has 78 valence electrons. The molecule has 3 heteroatoms. The Hall–Kier alpha value is -0.990. The normalized spacial score (nSPS) is 14.9. The van der Waals surface area contributed by atoms with Gasteiger partial charge in [-0.1, -0.05) is 13.8 Å². The Morgan fingerprint density at radius 2 is 2.29 bits per heavy atom. The van der Waals surface area contributed by atoms with Gasteiger partial charge in [0.05, 0.1) is 6.61 Å². The maximum atomic E-state index is 5.56. The lowest BCUT2D eigenvalue weighted by atomic mass is 10.0. The first kappa shape index (κ1) is 9.56. The Kier molecular flexibility index (Phi) is 2.48. The van der Waals surface area contributed by atoms with Crippen LogP contribution in [0.1, 0.15) is 44.4 Å². The van der Waals surface area contributed by atoms with E-state index < -0.39 is 0 Å². The van der Waals surface area contributed by atoms with E-state index in [2.05, 4.69) is 23.6 Å². The van der Waals surface area contributed by atoms with Crippen LogP contribution in [0.2, 0.25) is 0 Å². The van der Waals surface area contributed by atoms with Crippen LogP contribution in [0.15, 0.2) is 0 Å². The minimum Gasteiger partial charge on any atom is -0.477 e. The molecule has 14 heavy (non-hydrogen) atoms. The van der Waals surface area contributed by atoms with E-state index >= 15 is 0 Å². The third-order valence-corrected chi connectivity index (χ3v) is 2.71. The van der Waals surface area contributed by atoms with E-state index in [0.717, 1.165) is 18.8 Å². The van der Waals surface area contributed by atoms with E-state index in [9.17, 15) is 0 Å². The molecule has 1 aromatic heterocycles. The summed E-state index contributed by atoms with van der Waals surface area (Å²) in [5, 5.41) is 4.50. The summed E-state index contributed by atoms with van der Waals surface area (Å²) in [5.41, 5.74) is 2.72. The fourth-order valence-electron chi connectivity index (χ4n) is 2.15. The van der Waals surface area contributed by atoms with Crippen molar-refractivity contribution in [3.63, 3.8) is 0 Å². The lowest BCUT2D eigenvalue weighted by molar-refractivity contribution is 0.317. The minimum atomic E-state index is 0.512. The monoisotopic (exact) mass is 194 g/mol. The zero-order valence-corrected chi connectivity index (χ0v) is 9.21. The average molecular weight is 194 g/mol. The summed E-state index contributed by atoms with van der Waals surface area (Å²) in [6.07, 6.45) is 2.39. The molecule has 0 atom stereocenters. The van der Waals surface area contributed by atoms with Crippen molar-refractivity contribution in [3.8, 4) is 5.88 Å². The highest BCUT2D eigenvalue weighted by atomic mass is 16.5. The van der Waals surface area contributed by atoms with Crippen LogP contribution in [-0.2, 0) is 13.0 Å². The molecule has 2 heterocycles. The van der Waals surface area contributed by atoms with Gasteiger partial charge in [-0.15, -0.1) is 5.10 Å². The summed E-state index contributed by atoms with van der Waals surface area (Å²) in [6.45, 7) is 8.18. The maximum absolute atomic E-state index is 5.56. The van der Waals surface area contributed by atoms with E-state index in [1.807, 2.05) is 6.92 Å². The third-order valence-electron chi connectivity index (χ3n) is 2.71. The predicted molar refractivity (Wildman–Crippen MR) is 55.8 cm³/mol. The largest absolute Gasteiger partial charge is 0.477 e. The second-order valence-electron chi connectivity index (χ2n) is 4.08. The molecule has 0 saturated heterocycles. The van der Waals surface area contributed by atoms with Crippen LogP contribution in [0.25, 0.3) is 0 Å². The van der Waals surface area contributed by atoms with Crippen LogP contribution in [0.5, 0.6) is 5.88 Å². The van der Waals surface area contributed by atoms with E-state index in [1.165, 1.54) is 17.7 Å². The van der Waals surface area contributed by atoms with Gasteiger partial charge in [0.1, 0.15) is 0 Å². The fourth-order valence-corrected chi connectivity index (χ4v) is 2.15. The van der Waals surface area contributed by atoms with Gasteiger partial charge in [-0.2, -0.15) is 0 Å². The zero-order valence-electron chi connectivity index (χ0n) is 9.21. The molecule has 0 N–H and O–H groups in total. The summed E-state index contributed by atoms with van der Waals surface area (Å²) in [4.78, 5) is 0. The van der Waals surface area contributed by atoms with Crippen LogP contribution >= 0.6 is 0 Å². The van der Waals surface area contributed by atoms with Gasteiger partial charge in [0.2, 0.25) is 5.88 Å². The van der Waals surface area contributed by atoms with Gasteiger partial charge in [0.15, 0.2) is 0 Å². The highest BCUT2D eigenvalue weighted by Gasteiger charge is 2.24. The van der Waals surface area contributed by atoms with E-state index in [4.69, 9.17) is 4.74 Å². The SMILES string of the molecule is CCOc1nn2c(c1C(C)C)CCC2. The van der Waals surface area contributed by atoms with Crippen molar-refractivity contribution in [3.05, 3.63) is 11.3 Å². The third kappa shape index (κ3) is 1.41. The van der Waals surface area contributed by atoms with Gasteiger partial charge in [0.25, 0.3) is 0 Å². The molecule has 1 aliphatic rings. The molecule has 1 aliphatic heterocycles. The number of rotatable bonds is 3. The molecule has 0 aliphatic carbocycles. The van der Waals surface area contributed by atoms with Crippen molar-refractivity contribution in [1.29, 1.82) is 0 Å². The van der Waals surface area contributed by atoms with Crippen LogP contribution < -0.4 is 4.74 Å². The molecule has 0 aromatic carbocycles. The Bertz CT molecular complexity index is 328. The topological polar surface area (TPSA) is 27.1 Å². The molecular weight excluding hydrogens is 176 g/mol. The number of hydrogen-bond acceptors (Lipinski definition) is 2. The molecule has 0 spiro atoms. The van der Waals surface area contributed by atoms with Crippen molar-refractivity contribution in [2.75, 3.05) is 6.61 Å². The van der Waals surface area contributed by atoms with Crippen LogP contribution in [0.4, 0.5) is 0 Å². The van der Waals surface area contributed by atoms with Crippen LogP contribution in [0, 0.1) is 0 Å². The quantitative estimate of drug-likeness (QED) is 0.738. The van der Waals surface area contributed by atoms with Crippen molar-refractivity contribution < 1.29 is 4.74 Å². The Balaban J connectivity index is 2.40. The highest BCUT2D eigenvalue weighted by Crippen LogP contribution is 2.32. The Morgan fingerprint density at radius 1 is 1.50 bits per heavy atom. The predicted octanol–water partition coefficient (Wildman–Crippen LogP) is 2.35. The fraction of sp³-hybridized carbons (Fsp3) is 0.727. The molecule has 0 radical (unpaired) electrons. The molecule has 0 unspecified atom stereocenters. The molecule has 0 bridgehead atoms. The molecule has 2 rings (SSSR count). The Labute approximate surface area is 85.1 Å². The number of fused-ring (bicyclic) bond motifs is 1. The smallest absolute Gasteiger partial charge is 0.236 e. The standard InChI is InChI=1S/C11H18N2O/c1-4-14-11-10(8(2)3)9-6-5-7-13(9)12-11/h8H,4-7H2,1-3H3. The van der Waals surface area contributed by atoms with Gasteiger partial charge < -0.3 is 4.74 Å². The minimum absolute atomic E-state index is 0.512. The summed E-state index contributed by atoms with van der Waals surface area (Å²) < 4.78 is 7.68. The van der Waals surface area contributed by atoms with Gasteiger partial charge in [0, 0.05) is 17.8 Å². The lowest BCUT2D eigenvalue weighted by Gasteiger charge is -2.07.